The van der Waals surface area contributed by atoms with E-state index in [2.05, 4.69) is 5.32 Å². The number of nitrogens with two attached hydrogens (primary N) is 1. The average molecular weight is 495 g/mol. The number of aliphatic imine (C=N–C) groups is 1. The molecule has 184 valence electrons. The van der Waals surface area contributed by atoms with Gasteiger partial charge in [0.05, 0.1) is 22.7 Å². The van der Waals surface area contributed by atoms with E-state index in [-0.39, 0.29) is 11.8 Å². The van der Waals surface area contributed by atoms with E-state index in [0.717, 1.165) is 17.5 Å². The molecule has 0 bridgehead atoms. The van der Waals surface area contributed by atoms with Crippen molar-refractivity contribution in [3.8, 4) is 0 Å². The van der Waals surface area contributed by atoms with Crippen molar-refractivity contribution in [2.24, 2.45) is 28.0 Å². The third kappa shape index (κ3) is 4.69. The van der Waals surface area contributed by atoms with Crippen LogP contribution in [-0.4, -0.2) is 41.5 Å². The van der Waals surface area contributed by atoms with Crippen LogP contribution in [0.5, 0.6) is 0 Å². The third-order valence-electron chi connectivity index (χ3n) is 7.17. The van der Waals surface area contributed by atoms with Gasteiger partial charge < -0.3 is 16.0 Å². The van der Waals surface area contributed by atoms with Crippen LogP contribution in [0.1, 0.15) is 50.7 Å². The van der Waals surface area contributed by atoms with Gasteiger partial charge in [0.1, 0.15) is 0 Å². The molecule has 1 fully saturated rings. The molecule has 2 aromatic rings. The molecule has 7 nitrogen and oxygen atoms in total. The zero-order valence-corrected chi connectivity index (χ0v) is 21.0. The van der Waals surface area contributed by atoms with Gasteiger partial charge in [-0.2, -0.15) is 0 Å². The Hall–Kier alpha value is -3.19. The van der Waals surface area contributed by atoms with Gasteiger partial charge in [0.2, 0.25) is 18.0 Å². The number of amides is 3. The third-order valence-corrected chi connectivity index (χ3v) is 7.42. The zero-order chi connectivity index (χ0) is 25.3. The average Bonchev–Trinajstić information content (AvgIpc) is 2.93. The number of primary amides is 1. The van der Waals surface area contributed by atoms with Gasteiger partial charge in [0.25, 0.3) is 5.91 Å². The first-order valence-electron chi connectivity index (χ1n) is 11.9. The summed E-state index contributed by atoms with van der Waals surface area (Å²) in [5.41, 5.74) is 7.66. The number of rotatable bonds is 7. The number of hydrogen-bond donors (Lipinski definition) is 2. The fraction of sp³-hybridized carbons (Fsp3) is 0.407. The maximum atomic E-state index is 13.9. The largest absolute Gasteiger partial charge is 0.369 e. The normalized spacial score (nSPS) is 19.5. The number of anilines is 1. The lowest BCUT2D eigenvalue weighted by atomic mass is 9.58. The highest BCUT2D eigenvalue weighted by molar-refractivity contribution is 6.30. The molecule has 4 rings (SSSR count). The molecule has 0 saturated heterocycles. The number of carbonyl (C=O) groups excluding carboxylic acids is 3. The Balaban J connectivity index is 1.76. The number of nitrogens with one attached hydrogen (secondary N) is 1. The minimum atomic E-state index is -1.11. The number of likely N-dealkylation sites (N-methyl/N-ethyl adjacent to an activating group) is 1. The summed E-state index contributed by atoms with van der Waals surface area (Å²) in [6.07, 6.45) is 1.42. The topological polar surface area (TPSA) is 105 Å². The molecule has 35 heavy (non-hydrogen) atoms. The number of halogens is 1. The summed E-state index contributed by atoms with van der Waals surface area (Å²) in [5, 5.41) is 3.51. The predicted molar refractivity (Wildman–Crippen MR) is 137 cm³/mol. The van der Waals surface area contributed by atoms with Gasteiger partial charge in [-0.25, -0.2) is 4.99 Å². The summed E-state index contributed by atoms with van der Waals surface area (Å²) in [5.74, 6) is -1.58. The zero-order valence-electron chi connectivity index (χ0n) is 20.3. The first kappa shape index (κ1) is 24.9. The van der Waals surface area contributed by atoms with Crippen molar-refractivity contribution in [3.63, 3.8) is 0 Å². The lowest BCUT2D eigenvalue weighted by molar-refractivity contribution is -0.155. The molecule has 1 aliphatic carbocycles. The van der Waals surface area contributed by atoms with E-state index in [1.165, 1.54) is 4.90 Å². The molecule has 2 atom stereocenters. The van der Waals surface area contributed by atoms with Crippen LogP contribution in [0.15, 0.2) is 53.5 Å². The maximum Gasteiger partial charge on any atom is 0.269 e. The molecule has 2 unspecified atom stereocenters. The van der Waals surface area contributed by atoms with Gasteiger partial charge in [-0.05, 0) is 43.4 Å². The number of nitrogens with zero attached hydrogens (tertiary/aromatic N) is 2. The number of benzodiazepines with no additional fused rings is 1. The van der Waals surface area contributed by atoms with Crippen LogP contribution < -0.4 is 11.1 Å². The quantitative estimate of drug-likeness (QED) is 0.601. The van der Waals surface area contributed by atoms with Gasteiger partial charge in [0.15, 0.2) is 0 Å². The van der Waals surface area contributed by atoms with Crippen LogP contribution in [0.4, 0.5) is 5.69 Å². The number of para-hydroxylation sites is 1. The second-order valence-electron chi connectivity index (χ2n) is 9.90. The molecule has 8 heteroatoms. The molecule has 2 aromatic carbocycles. The summed E-state index contributed by atoms with van der Waals surface area (Å²) in [6.45, 7) is 4.03. The SMILES string of the molecule is CC(C)CC(C(=O)N(C)C1N=C(c2ccc(Cl)cc2)c2ccccc2NC1=O)C1(C(N)=O)CCC1. The molecular weight excluding hydrogens is 464 g/mol. The molecular formula is C27H31ClN4O3. The minimum absolute atomic E-state index is 0.175. The number of carbonyl (C=O) groups is 3. The van der Waals surface area contributed by atoms with Crippen LogP contribution in [0.3, 0.4) is 0 Å². The Kier molecular flexibility index (Phi) is 6.99. The molecule has 3 amide bonds. The molecule has 0 radical (unpaired) electrons. The van der Waals surface area contributed by atoms with E-state index in [4.69, 9.17) is 22.3 Å². The van der Waals surface area contributed by atoms with E-state index in [1.807, 2.05) is 44.2 Å². The molecule has 2 aliphatic rings. The highest BCUT2D eigenvalue weighted by atomic mass is 35.5. The number of fused-ring (bicyclic) bond motifs is 1. The van der Waals surface area contributed by atoms with E-state index >= 15 is 0 Å². The Morgan fingerprint density at radius 1 is 1.17 bits per heavy atom. The Morgan fingerprint density at radius 2 is 1.83 bits per heavy atom. The van der Waals surface area contributed by atoms with Gasteiger partial charge >= 0.3 is 0 Å². The second-order valence-corrected chi connectivity index (χ2v) is 10.3. The summed E-state index contributed by atoms with van der Waals surface area (Å²) >= 11 is 6.09. The fourth-order valence-electron chi connectivity index (χ4n) is 5.07. The van der Waals surface area contributed by atoms with Gasteiger partial charge in [-0.15, -0.1) is 0 Å². The maximum absolute atomic E-state index is 13.9. The van der Waals surface area contributed by atoms with Gasteiger partial charge in [-0.1, -0.05) is 62.2 Å². The van der Waals surface area contributed by atoms with Crippen molar-refractivity contribution < 1.29 is 14.4 Å². The highest BCUT2D eigenvalue weighted by Crippen LogP contribution is 2.50. The lowest BCUT2D eigenvalue weighted by Gasteiger charge is -2.46. The molecule has 1 heterocycles. The Morgan fingerprint density at radius 3 is 2.40 bits per heavy atom. The van der Waals surface area contributed by atoms with E-state index in [1.54, 1.807) is 25.2 Å². The number of benzene rings is 2. The summed E-state index contributed by atoms with van der Waals surface area (Å²) in [4.78, 5) is 45.9. The van der Waals surface area contributed by atoms with Gasteiger partial charge in [-0.3, -0.25) is 14.4 Å². The summed E-state index contributed by atoms with van der Waals surface area (Å²) in [6, 6.07) is 14.6. The monoisotopic (exact) mass is 494 g/mol. The predicted octanol–water partition coefficient (Wildman–Crippen LogP) is 4.23. The van der Waals surface area contributed by atoms with Crippen molar-refractivity contribution >= 4 is 40.7 Å². The van der Waals surface area contributed by atoms with E-state index < -0.39 is 29.3 Å². The van der Waals surface area contributed by atoms with Crippen molar-refractivity contribution in [3.05, 3.63) is 64.7 Å². The molecule has 1 saturated carbocycles. The lowest BCUT2D eigenvalue weighted by Crippen LogP contribution is -2.56. The summed E-state index contributed by atoms with van der Waals surface area (Å²) in [7, 11) is 1.58. The minimum Gasteiger partial charge on any atom is -0.369 e. The second kappa shape index (κ2) is 9.82. The first-order chi connectivity index (χ1) is 16.6. The van der Waals surface area contributed by atoms with Crippen LogP contribution in [-0.2, 0) is 14.4 Å². The van der Waals surface area contributed by atoms with Crippen LogP contribution >= 0.6 is 11.6 Å². The smallest absolute Gasteiger partial charge is 0.269 e. The molecule has 3 N–H and O–H groups in total. The van der Waals surface area contributed by atoms with E-state index in [9.17, 15) is 14.4 Å². The van der Waals surface area contributed by atoms with Gasteiger partial charge in [0, 0.05) is 23.2 Å². The van der Waals surface area contributed by atoms with E-state index in [0.29, 0.717) is 35.7 Å². The molecule has 0 spiro atoms. The van der Waals surface area contributed by atoms with Crippen LogP contribution in [0, 0.1) is 17.3 Å². The number of hydrogen-bond acceptors (Lipinski definition) is 4. The van der Waals surface area contributed by atoms with Crippen molar-refractivity contribution in [1.29, 1.82) is 0 Å². The standard InChI is InChI=1S/C27H31ClN4O3/c1-16(2)15-20(27(26(29)35)13-6-14-27)25(34)32(3)23-24(33)30-21-8-5-4-7-19(21)22(31-23)17-9-11-18(28)12-10-17/h4-5,7-12,16,20,23H,6,13-15H2,1-3H3,(H2,29,35)(H,30,33). The highest BCUT2D eigenvalue weighted by Gasteiger charge is 2.53. The Bertz CT molecular complexity index is 1170. The molecule has 1 aliphatic heterocycles. The summed E-state index contributed by atoms with van der Waals surface area (Å²) < 4.78 is 0. The van der Waals surface area contributed by atoms with Crippen LogP contribution in [0.2, 0.25) is 5.02 Å². The van der Waals surface area contributed by atoms with Crippen molar-refractivity contribution in [1.82, 2.24) is 4.90 Å². The first-order valence-corrected chi connectivity index (χ1v) is 12.3. The van der Waals surface area contributed by atoms with Crippen LogP contribution in [0.25, 0.3) is 0 Å². The van der Waals surface area contributed by atoms with Crippen molar-refractivity contribution in [2.75, 3.05) is 12.4 Å². The van der Waals surface area contributed by atoms with Crippen molar-refractivity contribution in [2.45, 2.75) is 45.7 Å². The molecule has 0 aromatic heterocycles. The fourth-order valence-corrected chi connectivity index (χ4v) is 5.20. The Labute approximate surface area is 210 Å².